The van der Waals surface area contributed by atoms with Gasteiger partial charge >= 0.3 is 0 Å². The van der Waals surface area contributed by atoms with Gasteiger partial charge in [-0.15, -0.1) is 0 Å². The molecule has 4 aromatic carbocycles. The smallest absolute Gasteiger partial charge is 0.264 e. The van der Waals surface area contributed by atoms with Crippen molar-refractivity contribution < 1.29 is 22.7 Å². The summed E-state index contributed by atoms with van der Waals surface area (Å²) in [6, 6.07) is 28.6. The van der Waals surface area contributed by atoms with Crippen LogP contribution in [0.25, 0.3) is 0 Å². The number of carbonyl (C=O) groups excluding carboxylic acids is 2. The Kier molecular flexibility index (Phi) is 11.6. The number of ether oxygens (including phenoxy) is 1. The van der Waals surface area contributed by atoms with Crippen molar-refractivity contribution in [3.8, 4) is 5.75 Å². The molecule has 246 valence electrons. The van der Waals surface area contributed by atoms with E-state index < -0.39 is 28.5 Å². The van der Waals surface area contributed by atoms with Gasteiger partial charge in [0.05, 0.1) is 17.7 Å². The summed E-state index contributed by atoms with van der Waals surface area (Å²) >= 11 is 9.88. The zero-order valence-electron chi connectivity index (χ0n) is 26.0. The number of nitrogens with zero attached hydrogens (tertiary/aromatic N) is 2. The first-order valence-corrected chi connectivity index (χ1v) is 18.1. The van der Waals surface area contributed by atoms with Crippen LogP contribution in [0.5, 0.6) is 5.75 Å². The molecule has 0 spiro atoms. The van der Waals surface area contributed by atoms with E-state index in [1.54, 1.807) is 30.3 Å². The van der Waals surface area contributed by atoms with Crippen LogP contribution in [0.3, 0.4) is 0 Å². The average Bonchev–Trinajstić information content (AvgIpc) is 3.59. The van der Waals surface area contributed by atoms with Gasteiger partial charge in [-0.05, 0) is 66.4 Å². The van der Waals surface area contributed by atoms with Crippen LogP contribution >= 0.6 is 27.5 Å². The summed E-state index contributed by atoms with van der Waals surface area (Å²) in [7, 11) is -2.87. The highest BCUT2D eigenvalue weighted by molar-refractivity contribution is 9.10. The summed E-state index contributed by atoms with van der Waals surface area (Å²) in [4.78, 5) is 30.3. The number of methoxy groups -OCH3 is 1. The lowest BCUT2D eigenvalue weighted by molar-refractivity contribution is -0.140. The summed E-state index contributed by atoms with van der Waals surface area (Å²) in [5.74, 6) is -0.615. The number of halogens is 2. The summed E-state index contributed by atoms with van der Waals surface area (Å²) in [5.41, 5.74) is 1.75. The fraction of sp³-hybridized carbons (Fsp3) is 0.278. The molecule has 11 heteroatoms. The monoisotopic (exact) mass is 737 g/mol. The lowest BCUT2D eigenvalue weighted by Crippen LogP contribution is -2.54. The Morgan fingerprint density at radius 2 is 1.57 bits per heavy atom. The second kappa shape index (κ2) is 15.8. The van der Waals surface area contributed by atoms with E-state index in [-0.39, 0.29) is 46.3 Å². The number of amides is 2. The average molecular weight is 739 g/mol. The highest BCUT2D eigenvalue weighted by Gasteiger charge is 2.36. The first-order valence-electron chi connectivity index (χ1n) is 15.5. The molecule has 0 aliphatic heterocycles. The van der Waals surface area contributed by atoms with Crippen LogP contribution in [0.4, 0.5) is 5.69 Å². The van der Waals surface area contributed by atoms with Crippen LogP contribution in [0.1, 0.15) is 36.8 Å². The van der Waals surface area contributed by atoms with E-state index in [1.165, 1.54) is 30.2 Å². The van der Waals surface area contributed by atoms with Crippen LogP contribution < -0.4 is 14.4 Å². The van der Waals surface area contributed by atoms with E-state index in [4.69, 9.17) is 16.3 Å². The van der Waals surface area contributed by atoms with Gasteiger partial charge in [-0.2, -0.15) is 0 Å². The van der Waals surface area contributed by atoms with Crippen molar-refractivity contribution in [2.45, 2.75) is 55.6 Å². The summed E-state index contributed by atoms with van der Waals surface area (Å²) in [6.07, 6.45) is 4.05. The zero-order chi connectivity index (χ0) is 33.4. The van der Waals surface area contributed by atoms with Gasteiger partial charge < -0.3 is 15.0 Å². The Hall–Kier alpha value is -3.86. The maximum Gasteiger partial charge on any atom is 0.264 e. The Morgan fingerprint density at radius 1 is 0.915 bits per heavy atom. The Morgan fingerprint density at radius 3 is 2.23 bits per heavy atom. The first kappa shape index (κ1) is 34.5. The van der Waals surface area contributed by atoms with Gasteiger partial charge in [0.2, 0.25) is 11.8 Å². The van der Waals surface area contributed by atoms with E-state index in [0.29, 0.717) is 0 Å². The molecule has 2 amide bonds. The van der Waals surface area contributed by atoms with E-state index in [0.717, 1.165) is 45.6 Å². The molecule has 5 rings (SSSR count). The fourth-order valence-electron chi connectivity index (χ4n) is 5.84. The summed E-state index contributed by atoms with van der Waals surface area (Å²) in [6.45, 7) is -0.538. The second-order valence-electron chi connectivity index (χ2n) is 11.5. The molecular weight excluding hydrogens is 702 g/mol. The molecule has 1 aliphatic carbocycles. The largest absolute Gasteiger partial charge is 0.495 e. The molecule has 1 saturated carbocycles. The third kappa shape index (κ3) is 8.74. The van der Waals surface area contributed by atoms with Crippen molar-refractivity contribution in [2.75, 3.05) is 18.0 Å². The molecule has 8 nitrogen and oxygen atoms in total. The van der Waals surface area contributed by atoms with Gasteiger partial charge in [-0.3, -0.25) is 13.9 Å². The van der Waals surface area contributed by atoms with Crippen molar-refractivity contribution >= 4 is 55.1 Å². The highest BCUT2D eigenvalue weighted by atomic mass is 79.9. The second-order valence-corrected chi connectivity index (χ2v) is 14.7. The molecule has 47 heavy (non-hydrogen) atoms. The van der Waals surface area contributed by atoms with E-state index in [2.05, 4.69) is 21.2 Å². The highest BCUT2D eigenvalue weighted by Crippen LogP contribution is 2.35. The van der Waals surface area contributed by atoms with Gasteiger partial charge in [-0.1, -0.05) is 101 Å². The molecule has 0 heterocycles. The molecule has 0 radical (unpaired) electrons. The van der Waals surface area contributed by atoms with Crippen LogP contribution in [0.2, 0.25) is 5.02 Å². The Bertz CT molecular complexity index is 1790. The molecule has 1 aliphatic rings. The third-order valence-electron chi connectivity index (χ3n) is 8.23. The lowest BCUT2D eigenvalue weighted by atomic mass is 10.0. The van der Waals surface area contributed by atoms with Crippen molar-refractivity contribution in [1.82, 2.24) is 10.2 Å². The van der Waals surface area contributed by atoms with Crippen molar-refractivity contribution in [1.29, 1.82) is 0 Å². The lowest BCUT2D eigenvalue weighted by Gasteiger charge is -2.34. The predicted molar refractivity (Wildman–Crippen MR) is 188 cm³/mol. The van der Waals surface area contributed by atoms with Gasteiger partial charge in [-0.25, -0.2) is 8.42 Å². The SMILES string of the molecule is COc1ccc(Cl)cc1N(CC(=O)N(Cc1cccc(Br)c1)[C@H](Cc1ccccc1)C(=O)NC1CCCC1)S(=O)(=O)c1ccccc1. The van der Waals surface area contributed by atoms with Gasteiger partial charge in [0, 0.05) is 28.5 Å². The molecule has 1 fully saturated rings. The molecule has 0 saturated heterocycles. The zero-order valence-corrected chi connectivity index (χ0v) is 29.2. The number of hydrogen-bond donors (Lipinski definition) is 1. The minimum absolute atomic E-state index is 0.00631. The topological polar surface area (TPSA) is 96.0 Å². The van der Waals surface area contributed by atoms with Crippen LogP contribution in [-0.4, -0.2) is 50.9 Å². The maximum atomic E-state index is 14.7. The quantitative estimate of drug-likeness (QED) is 0.159. The summed E-state index contributed by atoms with van der Waals surface area (Å²) < 4.78 is 35.9. The van der Waals surface area contributed by atoms with Gasteiger partial charge in [0.1, 0.15) is 18.3 Å². The number of carbonyl (C=O) groups is 2. The van der Waals surface area contributed by atoms with Crippen molar-refractivity contribution in [3.05, 3.63) is 124 Å². The van der Waals surface area contributed by atoms with E-state index in [1.807, 2.05) is 54.6 Å². The number of nitrogens with one attached hydrogen (secondary N) is 1. The molecule has 1 N–H and O–H groups in total. The fourth-order valence-corrected chi connectivity index (χ4v) is 7.90. The molecule has 0 aromatic heterocycles. The minimum atomic E-state index is -4.30. The molecule has 4 aromatic rings. The number of rotatable bonds is 13. The van der Waals surface area contributed by atoms with Crippen LogP contribution in [0.15, 0.2) is 112 Å². The van der Waals surface area contributed by atoms with E-state index >= 15 is 0 Å². The van der Waals surface area contributed by atoms with E-state index in [9.17, 15) is 18.0 Å². The predicted octanol–water partition coefficient (Wildman–Crippen LogP) is 7.01. The van der Waals surface area contributed by atoms with Crippen LogP contribution in [0, 0.1) is 0 Å². The Balaban J connectivity index is 1.60. The van der Waals surface area contributed by atoms with Crippen molar-refractivity contribution in [2.24, 2.45) is 0 Å². The standard InChI is InChI=1S/C36H37BrClN3O5S/c1-46-34-20-19-29(38)23-32(34)41(47(44,45)31-17-6-3-7-18-31)25-35(42)40(24-27-13-10-14-28(37)21-27)33(22-26-11-4-2-5-12-26)36(43)39-30-15-8-9-16-30/h2-7,10-14,17-21,23,30,33H,8-9,15-16,22,24-25H2,1H3,(H,39,43)/t33-/m1/s1. The van der Waals surface area contributed by atoms with Crippen molar-refractivity contribution in [3.63, 3.8) is 0 Å². The first-order chi connectivity index (χ1) is 22.7. The Labute approximate surface area is 289 Å². The van der Waals surface area contributed by atoms with Crippen LogP contribution in [-0.2, 0) is 32.6 Å². The normalized spacial score (nSPS) is 13.9. The molecule has 0 bridgehead atoms. The molecular formula is C36H37BrClN3O5S. The molecule has 1 atom stereocenters. The number of hydrogen-bond acceptors (Lipinski definition) is 5. The number of sulfonamides is 1. The van der Waals surface area contributed by atoms with Gasteiger partial charge in [0.15, 0.2) is 0 Å². The third-order valence-corrected chi connectivity index (χ3v) is 10.7. The minimum Gasteiger partial charge on any atom is -0.495 e. The summed E-state index contributed by atoms with van der Waals surface area (Å²) in [5, 5.41) is 3.46. The van der Waals surface area contributed by atoms with Gasteiger partial charge in [0.25, 0.3) is 10.0 Å². The number of anilines is 1. The molecule has 0 unspecified atom stereocenters. The maximum absolute atomic E-state index is 14.7. The number of benzene rings is 4.